The van der Waals surface area contributed by atoms with Crippen molar-refractivity contribution in [2.45, 2.75) is 50.7 Å². The summed E-state index contributed by atoms with van der Waals surface area (Å²) in [6.07, 6.45) is 3.53. The van der Waals surface area contributed by atoms with E-state index in [-0.39, 0.29) is 24.4 Å². The highest BCUT2D eigenvalue weighted by molar-refractivity contribution is 5.20. The second-order valence-corrected chi connectivity index (χ2v) is 9.56. The molecule has 0 spiro atoms. The van der Waals surface area contributed by atoms with E-state index in [1.165, 1.54) is 5.56 Å². The fourth-order valence-electron chi connectivity index (χ4n) is 4.69. The number of benzene rings is 4. The van der Waals surface area contributed by atoms with Crippen molar-refractivity contribution in [2.75, 3.05) is 0 Å². The summed E-state index contributed by atoms with van der Waals surface area (Å²) in [5, 5.41) is 3.70. The Balaban J connectivity index is 1.37. The molecule has 5 rings (SSSR count). The van der Waals surface area contributed by atoms with Gasteiger partial charge in [-0.1, -0.05) is 133 Å². The van der Waals surface area contributed by atoms with Gasteiger partial charge in [0, 0.05) is 6.54 Å². The highest BCUT2D eigenvalue weighted by Gasteiger charge is 2.39. The van der Waals surface area contributed by atoms with Crippen LogP contribution in [-0.4, -0.2) is 24.4 Å². The molecule has 0 aromatic heterocycles. The Labute approximate surface area is 225 Å². The van der Waals surface area contributed by atoms with Crippen LogP contribution >= 0.6 is 0 Å². The standard InChI is InChI=1S/C34H35NO3/c1-5-13-27(14-6-1)23-35-31-21-22-32(36-24-28-15-7-2-8-16-28)34(38-26-30-19-11-4-12-20-30)33(31)37-25-29-17-9-3-10-18-29/h1-22,31-35H,23-26H2/t31-,32+,33+,34+/m0/s1. The van der Waals surface area contributed by atoms with Crippen molar-refractivity contribution < 1.29 is 14.2 Å². The van der Waals surface area contributed by atoms with Crippen LogP contribution in [0.4, 0.5) is 0 Å². The van der Waals surface area contributed by atoms with Crippen molar-refractivity contribution in [1.29, 1.82) is 0 Å². The Bertz CT molecular complexity index is 1130. The van der Waals surface area contributed by atoms with E-state index in [9.17, 15) is 0 Å². The number of hydrogen-bond acceptors (Lipinski definition) is 4. The Kier molecular flexibility index (Phi) is 9.50. The van der Waals surface area contributed by atoms with E-state index >= 15 is 0 Å². The minimum atomic E-state index is -0.291. The van der Waals surface area contributed by atoms with Crippen molar-refractivity contribution >= 4 is 0 Å². The average Bonchev–Trinajstić information content (AvgIpc) is 2.99. The average molecular weight is 506 g/mol. The van der Waals surface area contributed by atoms with E-state index in [4.69, 9.17) is 14.2 Å². The first-order chi connectivity index (χ1) is 18.8. The largest absolute Gasteiger partial charge is 0.369 e. The summed E-state index contributed by atoms with van der Waals surface area (Å²) >= 11 is 0. The molecule has 1 aliphatic carbocycles. The minimum Gasteiger partial charge on any atom is -0.369 e. The number of hydrogen-bond donors (Lipinski definition) is 1. The molecule has 0 saturated heterocycles. The van der Waals surface area contributed by atoms with Crippen molar-refractivity contribution in [3.05, 3.63) is 156 Å². The summed E-state index contributed by atoms with van der Waals surface area (Å²) < 4.78 is 19.7. The van der Waals surface area contributed by atoms with Crippen LogP contribution in [0.3, 0.4) is 0 Å². The van der Waals surface area contributed by atoms with Gasteiger partial charge in [0.1, 0.15) is 18.3 Å². The fraction of sp³-hybridized carbons (Fsp3) is 0.235. The molecule has 0 aliphatic heterocycles. The third-order valence-electron chi connectivity index (χ3n) is 6.75. The van der Waals surface area contributed by atoms with Gasteiger partial charge in [-0.2, -0.15) is 0 Å². The molecule has 194 valence electrons. The van der Waals surface area contributed by atoms with E-state index < -0.39 is 0 Å². The number of rotatable bonds is 12. The molecule has 38 heavy (non-hydrogen) atoms. The lowest BCUT2D eigenvalue weighted by molar-refractivity contribution is -0.148. The Hall–Kier alpha value is -3.54. The minimum absolute atomic E-state index is 0.0312. The molecular formula is C34H35NO3. The molecule has 0 unspecified atom stereocenters. The Morgan fingerprint density at radius 1 is 0.447 bits per heavy atom. The summed E-state index contributed by atoms with van der Waals surface area (Å²) in [5.41, 5.74) is 4.62. The van der Waals surface area contributed by atoms with Crippen LogP contribution in [0.2, 0.25) is 0 Å². The van der Waals surface area contributed by atoms with Gasteiger partial charge in [0.05, 0.1) is 25.9 Å². The molecule has 0 fully saturated rings. The van der Waals surface area contributed by atoms with Gasteiger partial charge in [0.15, 0.2) is 0 Å². The zero-order chi connectivity index (χ0) is 25.8. The van der Waals surface area contributed by atoms with Crippen LogP contribution < -0.4 is 5.32 Å². The maximum absolute atomic E-state index is 6.63. The molecule has 0 bridgehead atoms. The van der Waals surface area contributed by atoms with Crippen molar-refractivity contribution in [3.63, 3.8) is 0 Å². The monoisotopic (exact) mass is 505 g/mol. The quantitative estimate of drug-likeness (QED) is 0.224. The van der Waals surface area contributed by atoms with E-state index in [0.29, 0.717) is 19.8 Å². The third kappa shape index (κ3) is 7.50. The van der Waals surface area contributed by atoms with Gasteiger partial charge in [-0.15, -0.1) is 0 Å². The predicted molar refractivity (Wildman–Crippen MR) is 151 cm³/mol. The molecule has 4 aromatic carbocycles. The maximum atomic E-state index is 6.63. The fourth-order valence-corrected chi connectivity index (χ4v) is 4.69. The van der Waals surface area contributed by atoms with Gasteiger partial charge >= 0.3 is 0 Å². The Morgan fingerprint density at radius 3 is 1.37 bits per heavy atom. The van der Waals surface area contributed by atoms with Crippen molar-refractivity contribution in [3.8, 4) is 0 Å². The van der Waals surface area contributed by atoms with Gasteiger partial charge in [-0.25, -0.2) is 0 Å². The summed E-state index contributed by atoms with van der Waals surface area (Å²) in [6.45, 7) is 2.23. The van der Waals surface area contributed by atoms with Crippen LogP contribution in [0.15, 0.2) is 133 Å². The van der Waals surface area contributed by atoms with Crippen LogP contribution in [0.25, 0.3) is 0 Å². The molecule has 4 aromatic rings. The normalized spacial score (nSPS) is 20.8. The molecule has 0 saturated carbocycles. The summed E-state index contributed by atoms with van der Waals surface area (Å²) in [6, 6.07) is 41.2. The second kappa shape index (κ2) is 13.8. The molecule has 4 heteroatoms. The summed E-state index contributed by atoms with van der Waals surface area (Å²) in [4.78, 5) is 0. The zero-order valence-corrected chi connectivity index (χ0v) is 21.6. The topological polar surface area (TPSA) is 39.7 Å². The van der Waals surface area contributed by atoms with Gasteiger partial charge in [0.25, 0.3) is 0 Å². The molecule has 4 atom stereocenters. The maximum Gasteiger partial charge on any atom is 0.116 e. The van der Waals surface area contributed by atoms with Crippen molar-refractivity contribution in [1.82, 2.24) is 5.32 Å². The molecular weight excluding hydrogens is 470 g/mol. The highest BCUT2D eigenvalue weighted by atomic mass is 16.6. The SMILES string of the molecule is C1=C[C@@H](OCc2ccccc2)[C@@H](OCc2ccccc2)[C@H](OCc2ccccc2)[C@H]1NCc1ccccc1. The van der Waals surface area contributed by atoms with Crippen LogP contribution in [-0.2, 0) is 40.6 Å². The van der Waals surface area contributed by atoms with Gasteiger partial charge < -0.3 is 19.5 Å². The van der Waals surface area contributed by atoms with E-state index in [2.05, 4.69) is 78.1 Å². The van der Waals surface area contributed by atoms with Gasteiger partial charge in [-0.05, 0) is 22.3 Å². The lowest BCUT2D eigenvalue weighted by Crippen LogP contribution is -2.54. The van der Waals surface area contributed by atoms with Crippen molar-refractivity contribution in [2.24, 2.45) is 0 Å². The lowest BCUT2D eigenvalue weighted by atomic mass is 9.93. The lowest BCUT2D eigenvalue weighted by Gasteiger charge is -2.39. The first-order valence-electron chi connectivity index (χ1n) is 13.3. The third-order valence-corrected chi connectivity index (χ3v) is 6.75. The number of ether oxygens (including phenoxy) is 3. The summed E-state index contributed by atoms with van der Waals surface area (Å²) in [7, 11) is 0. The zero-order valence-electron chi connectivity index (χ0n) is 21.6. The smallest absolute Gasteiger partial charge is 0.116 e. The molecule has 0 amide bonds. The molecule has 1 N–H and O–H groups in total. The first kappa shape index (κ1) is 26.1. The molecule has 1 aliphatic rings. The Morgan fingerprint density at radius 2 is 0.868 bits per heavy atom. The van der Waals surface area contributed by atoms with Gasteiger partial charge in [-0.3, -0.25) is 0 Å². The molecule has 4 nitrogen and oxygen atoms in total. The highest BCUT2D eigenvalue weighted by Crippen LogP contribution is 2.26. The van der Waals surface area contributed by atoms with E-state index in [1.54, 1.807) is 0 Å². The second-order valence-electron chi connectivity index (χ2n) is 9.56. The number of nitrogens with one attached hydrogen (secondary N) is 1. The van der Waals surface area contributed by atoms with E-state index in [0.717, 1.165) is 23.2 Å². The van der Waals surface area contributed by atoms with Crippen LogP contribution in [0.5, 0.6) is 0 Å². The first-order valence-corrected chi connectivity index (χ1v) is 13.3. The summed E-state index contributed by atoms with van der Waals surface area (Å²) in [5.74, 6) is 0. The predicted octanol–water partition coefficient (Wildman–Crippen LogP) is 6.47. The van der Waals surface area contributed by atoms with E-state index in [1.807, 2.05) is 60.7 Å². The molecule has 0 radical (unpaired) electrons. The van der Waals surface area contributed by atoms with Gasteiger partial charge in [0.2, 0.25) is 0 Å². The van der Waals surface area contributed by atoms with Crippen LogP contribution in [0.1, 0.15) is 22.3 Å². The molecule has 0 heterocycles. The van der Waals surface area contributed by atoms with Crippen LogP contribution in [0, 0.1) is 0 Å².